The number of carbonyl (C=O) groups is 1. The lowest BCUT2D eigenvalue weighted by Crippen LogP contribution is -2.40. The normalized spacial score (nSPS) is 16.5. The van der Waals surface area contributed by atoms with Crippen LogP contribution >= 0.6 is 0 Å². The number of hydrogen-bond acceptors (Lipinski definition) is 5. The number of piperidine rings is 1. The lowest BCUT2D eigenvalue weighted by atomic mass is 9.96. The number of aromatic nitrogens is 4. The van der Waals surface area contributed by atoms with Gasteiger partial charge in [0.2, 0.25) is 5.91 Å². The van der Waals surface area contributed by atoms with E-state index in [0.29, 0.717) is 12.5 Å². The van der Waals surface area contributed by atoms with Gasteiger partial charge in [-0.25, -0.2) is 4.68 Å². The van der Waals surface area contributed by atoms with E-state index in [1.807, 2.05) is 20.0 Å². The number of amides is 1. The maximum Gasteiger partial charge on any atom is 0.268 e. The highest BCUT2D eigenvalue weighted by Gasteiger charge is 2.22. The van der Waals surface area contributed by atoms with Crippen molar-refractivity contribution in [1.29, 1.82) is 0 Å². The molecule has 8 heteroatoms. The summed E-state index contributed by atoms with van der Waals surface area (Å²) in [5, 5.41) is 11.3. The van der Waals surface area contributed by atoms with Gasteiger partial charge in [0.1, 0.15) is 6.04 Å². The zero-order valence-electron chi connectivity index (χ0n) is 15.6. The lowest BCUT2D eigenvalue weighted by Gasteiger charge is -2.33. The number of carbonyl (C=O) groups excluding carboxylic acids is 1. The van der Waals surface area contributed by atoms with E-state index in [-0.39, 0.29) is 17.5 Å². The minimum atomic E-state index is -0.310. The fourth-order valence-corrected chi connectivity index (χ4v) is 3.19. The first-order chi connectivity index (χ1) is 12.4. The van der Waals surface area contributed by atoms with Crippen LogP contribution in [0.2, 0.25) is 0 Å². The van der Waals surface area contributed by atoms with Crippen LogP contribution in [0.15, 0.2) is 29.5 Å². The Bertz CT molecular complexity index is 819. The van der Waals surface area contributed by atoms with E-state index in [1.54, 1.807) is 30.2 Å². The predicted molar refractivity (Wildman–Crippen MR) is 99.1 cm³/mol. The molecule has 0 bridgehead atoms. The van der Waals surface area contributed by atoms with Gasteiger partial charge in [-0.1, -0.05) is 0 Å². The molecule has 1 saturated heterocycles. The van der Waals surface area contributed by atoms with Crippen molar-refractivity contribution < 1.29 is 4.79 Å². The summed E-state index contributed by atoms with van der Waals surface area (Å²) in [6.45, 7) is 6.21. The number of anilines is 1. The highest BCUT2D eigenvalue weighted by Crippen LogP contribution is 2.21. The fourth-order valence-electron chi connectivity index (χ4n) is 3.19. The number of hydrogen-bond donors (Lipinski definition) is 1. The standard InChI is InChI=1S/C18H26N6O2/c1-13-9-21-24(12-13)14(2)18(26)19-10-15-4-6-23(7-5-15)16-8-17(25)22(3)20-11-16/h8-9,11-12,14-15H,4-7,10H2,1-3H3,(H,19,26)/t14-/m0/s1. The highest BCUT2D eigenvalue weighted by molar-refractivity contribution is 5.79. The summed E-state index contributed by atoms with van der Waals surface area (Å²) in [4.78, 5) is 26.2. The number of aryl methyl sites for hydroxylation is 2. The third-order valence-electron chi connectivity index (χ3n) is 5.01. The molecule has 3 heterocycles. The van der Waals surface area contributed by atoms with Gasteiger partial charge >= 0.3 is 0 Å². The van der Waals surface area contributed by atoms with Crippen molar-refractivity contribution in [3.8, 4) is 0 Å². The first kappa shape index (κ1) is 18.2. The van der Waals surface area contributed by atoms with Gasteiger partial charge in [-0.05, 0) is 38.2 Å². The molecule has 0 radical (unpaired) electrons. The van der Waals surface area contributed by atoms with Crippen LogP contribution in [0.4, 0.5) is 5.69 Å². The van der Waals surface area contributed by atoms with Crippen LogP contribution in [0.5, 0.6) is 0 Å². The van der Waals surface area contributed by atoms with Crippen molar-refractivity contribution in [3.05, 3.63) is 40.6 Å². The molecule has 2 aromatic rings. The summed E-state index contributed by atoms with van der Waals surface area (Å²) in [7, 11) is 1.65. The van der Waals surface area contributed by atoms with Gasteiger partial charge in [-0.3, -0.25) is 14.3 Å². The Morgan fingerprint density at radius 2 is 2.04 bits per heavy atom. The van der Waals surface area contributed by atoms with Crippen molar-refractivity contribution in [3.63, 3.8) is 0 Å². The van der Waals surface area contributed by atoms with Gasteiger partial charge in [-0.2, -0.15) is 10.2 Å². The van der Waals surface area contributed by atoms with E-state index in [0.717, 1.165) is 37.2 Å². The highest BCUT2D eigenvalue weighted by atomic mass is 16.2. The average Bonchev–Trinajstić information content (AvgIpc) is 3.08. The Morgan fingerprint density at radius 1 is 1.31 bits per heavy atom. The van der Waals surface area contributed by atoms with E-state index in [4.69, 9.17) is 0 Å². The van der Waals surface area contributed by atoms with Gasteiger partial charge in [0, 0.05) is 38.9 Å². The zero-order valence-corrected chi connectivity index (χ0v) is 15.6. The predicted octanol–water partition coefficient (Wildman–Crippen LogP) is 0.879. The van der Waals surface area contributed by atoms with Crippen molar-refractivity contribution >= 4 is 11.6 Å². The molecule has 1 fully saturated rings. The van der Waals surface area contributed by atoms with Gasteiger partial charge in [0.25, 0.3) is 5.56 Å². The molecule has 0 aliphatic carbocycles. The molecule has 0 unspecified atom stereocenters. The molecule has 3 rings (SSSR count). The van der Waals surface area contributed by atoms with Gasteiger partial charge in [0.05, 0.1) is 18.1 Å². The van der Waals surface area contributed by atoms with E-state index in [2.05, 4.69) is 20.4 Å². The quantitative estimate of drug-likeness (QED) is 0.858. The van der Waals surface area contributed by atoms with Crippen LogP contribution in [0.1, 0.15) is 31.4 Å². The maximum absolute atomic E-state index is 12.3. The molecule has 0 aromatic carbocycles. The summed E-state index contributed by atoms with van der Waals surface area (Å²) in [6, 6.07) is 1.32. The molecular formula is C18H26N6O2. The Labute approximate surface area is 152 Å². The summed E-state index contributed by atoms with van der Waals surface area (Å²) in [5.74, 6) is 0.438. The second-order valence-corrected chi connectivity index (χ2v) is 7.02. The van der Waals surface area contributed by atoms with Crippen LogP contribution < -0.4 is 15.8 Å². The van der Waals surface area contributed by atoms with Crippen LogP contribution in [-0.2, 0) is 11.8 Å². The minimum Gasteiger partial charge on any atom is -0.370 e. The third kappa shape index (κ3) is 4.12. The van der Waals surface area contributed by atoms with E-state index < -0.39 is 0 Å². The first-order valence-electron chi connectivity index (χ1n) is 9.01. The van der Waals surface area contributed by atoms with Crippen molar-refractivity contribution in [2.45, 2.75) is 32.7 Å². The summed E-state index contributed by atoms with van der Waals surface area (Å²) in [5.41, 5.74) is 1.82. The van der Waals surface area contributed by atoms with Gasteiger partial charge in [0.15, 0.2) is 0 Å². The minimum absolute atomic E-state index is 0.00807. The summed E-state index contributed by atoms with van der Waals surface area (Å²) >= 11 is 0. The van der Waals surface area contributed by atoms with Crippen LogP contribution in [0, 0.1) is 12.8 Å². The SMILES string of the molecule is Cc1cnn([C@@H](C)C(=O)NCC2CCN(c3cnn(C)c(=O)c3)CC2)c1. The smallest absolute Gasteiger partial charge is 0.268 e. The van der Waals surface area contributed by atoms with Gasteiger partial charge in [-0.15, -0.1) is 0 Å². The van der Waals surface area contributed by atoms with E-state index in [1.165, 1.54) is 4.68 Å². The monoisotopic (exact) mass is 358 g/mol. The molecule has 8 nitrogen and oxygen atoms in total. The molecule has 1 aliphatic rings. The second-order valence-electron chi connectivity index (χ2n) is 7.02. The molecule has 0 spiro atoms. The Balaban J connectivity index is 1.47. The molecule has 140 valence electrons. The Hall–Kier alpha value is -2.64. The number of nitrogens with one attached hydrogen (secondary N) is 1. The maximum atomic E-state index is 12.3. The van der Waals surface area contributed by atoms with E-state index >= 15 is 0 Å². The van der Waals surface area contributed by atoms with Crippen molar-refractivity contribution in [2.24, 2.45) is 13.0 Å². The molecule has 1 aliphatic heterocycles. The molecule has 1 N–H and O–H groups in total. The van der Waals surface area contributed by atoms with Crippen LogP contribution in [-0.4, -0.2) is 45.1 Å². The summed E-state index contributed by atoms with van der Waals surface area (Å²) < 4.78 is 3.02. The molecule has 1 amide bonds. The number of rotatable bonds is 5. The topological polar surface area (TPSA) is 85.1 Å². The van der Waals surface area contributed by atoms with Crippen molar-refractivity contribution in [1.82, 2.24) is 24.9 Å². The van der Waals surface area contributed by atoms with E-state index in [9.17, 15) is 9.59 Å². The van der Waals surface area contributed by atoms with Crippen LogP contribution in [0.25, 0.3) is 0 Å². The second kappa shape index (κ2) is 7.72. The molecule has 0 saturated carbocycles. The Kier molecular flexibility index (Phi) is 5.39. The van der Waals surface area contributed by atoms with Gasteiger partial charge < -0.3 is 10.2 Å². The molecular weight excluding hydrogens is 332 g/mol. The molecule has 1 atom stereocenters. The zero-order chi connectivity index (χ0) is 18.7. The lowest BCUT2D eigenvalue weighted by molar-refractivity contribution is -0.124. The Morgan fingerprint density at radius 3 is 2.65 bits per heavy atom. The largest absolute Gasteiger partial charge is 0.370 e. The third-order valence-corrected chi connectivity index (χ3v) is 5.01. The summed E-state index contributed by atoms with van der Waals surface area (Å²) in [6.07, 6.45) is 7.32. The number of nitrogens with zero attached hydrogens (tertiary/aromatic N) is 5. The van der Waals surface area contributed by atoms with Crippen LogP contribution in [0.3, 0.4) is 0 Å². The fraction of sp³-hybridized carbons (Fsp3) is 0.556. The molecule has 2 aromatic heterocycles. The average molecular weight is 358 g/mol. The molecule has 26 heavy (non-hydrogen) atoms. The first-order valence-corrected chi connectivity index (χ1v) is 9.01. The van der Waals surface area contributed by atoms with Crippen molar-refractivity contribution in [2.75, 3.05) is 24.5 Å².